The molecule has 0 spiro atoms. The van der Waals surface area contributed by atoms with E-state index in [4.69, 9.17) is 28.9 Å². The van der Waals surface area contributed by atoms with Gasteiger partial charge in [-0.05, 0) is 18.1 Å². The molecule has 0 aliphatic carbocycles. The summed E-state index contributed by atoms with van der Waals surface area (Å²) in [6.07, 6.45) is 1.15. The van der Waals surface area contributed by atoms with Crippen LogP contribution in [0.3, 0.4) is 0 Å². The van der Waals surface area contributed by atoms with E-state index in [1.54, 1.807) is 0 Å². The number of amides is 1. The smallest absolute Gasteiger partial charge is 0.225 e. The summed E-state index contributed by atoms with van der Waals surface area (Å²) in [6, 6.07) is 3.04. The van der Waals surface area contributed by atoms with Gasteiger partial charge in [-0.2, -0.15) is 0 Å². The molecule has 1 aromatic rings. The van der Waals surface area contributed by atoms with E-state index in [0.717, 1.165) is 6.42 Å². The molecule has 7 heteroatoms. The maximum Gasteiger partial charge on any atom is 0.225 e. The zero-order valence-electron chi connectivity index (χ0n) is 12.1. The highest BCUT2D eigenvalue weighted by Crippen LogP contribution is 2.32. The molecule has 2 atom stereocenters. The summed E-state index contributed by atoms with van der Waals surface area (Å²) < 4.78 is 11.8. The molecule has 0 bridgehead atoms. The third kappa shape index (κ3) is 6.24. The molecule has 0 saturated carbocycles. The Morgan fingerprint density at radius 1 is 1.38 bits per heavy atom. The van der Waals surface area contributed by atoms with Crippen LogP contribution in [0.4, 0.5) is 11.4 Å². The lowest BCUT2D eigenvalue weighted by Gasteiger charge is -2.11. The fraction of sp³-hybridized carbons (Fsp3) is 0.500. The Morgan fingerprint density at radius 2 is 1.95 bits per heavy atom. The zero-order chi connectivity index (χ0) is 16.0. The van der Waals surface area contributed by atoms with E-state index in [-0.39, 0.29) is 22.4 Å². The van der Waals surface area contributed by atoms with Crippen molar-refractivity contribution in [3.63, 3.8) is 0 Å². The zero-order valence-corrected chi connectivity index (χ0v) is 14.4. The number of rotatable bonds is 7. The van der Waals surface area contributed by atoms with Crippen molar-refractivity contribution in [1.82, 2.24) is 0 Å². The van der Waals surface area contributed by atoms with Crippen LogP contribution in [-0.4, -0.2) is 21.6 Å². The number of nitrogens with one attached hydrogen (secondary N) is 1. The van der Waals surface area contributed by atoms with Crippen molar-refractivity contribution >= 4 is 51.3 Å². The summed E-state index contributed by atoms with van der Waals surface area (Å²) in [5, 5.41) is 3.21. The van der Waals surface area contributed by atoms with Gasteiger partial charge in [0.25, 0.3) is 0 Å². The lowest BCUT2D eigenvalue weighted by molar-refractivity contribution is -0.115. The van der Waals surface area contributed by atoms with Gasteiger partial charge in [-0.1, -0.05) is 43.5 Å². The van der Waals surface area contributed by atoms with Crippen molar-refractivity contribution in [3.8, 4) is 0 Å². The van der Waals surface area contributed by atoms with Gasteiger partial charge >= 0.3 is 0 Å². The summed E-state index contributed by atoms with van der Waals surface area (Å²) in [5.41, 5.74) is 6.36. The number of nitrogens with two attached hydrogens (primary N) is 1. The van der Waals surface area contributed by atoms with Crippen LogP contribution in [0.25, 0.3) is 0 Å². The standard InChI is InChI=1S/C14H20Cl2N2O2S/c1-3-9(2)8-21(20)5-4-13(19)18-14-11(15)6-10(17)7-12(14)16/h6-7,9H,3-5,8,17H2,1-2H3,(H,18,19). The largest absolute Gasteiger partial charge is 0.399 e. The number of halogens is 2. The predicted molar refractivity (Wildman–Crippen MR) is 91.5 cm³/mol. The van der Waals surface area contributed by atoms with Gasteiger partial charge < -0.3 is 11.1 Å². The van der Waals surface area contributed by atoms with Crippen LogP contribution in [0, 0.1) is 5.92 Å². The minimum absolute atomic E-state index is 0.167. The van der Waals surface area contributed by atoms with E-state index in [9.17, 15) is 9.00 Å². The summed E-state index contributed by atoms with van der Waals surface area (Å²) in [4.78, 5) is 11.9. The molecular weight excluding hydrogens is 331 g/mol. The van der Waals surface area contributed by atoms with Crippen LogP contribution in [0.2, 0.25) is 10.0 Å². The molecule has 4 nitrogen and oxygen atoms in total. The Morgan fingerprint density at radius 3 is 2.48 bits per heavy atom. The molecule has 118 valence electrons. The van der Waals surface area contributed by atoms with Gasteiger partial charge in [-0.25, -0.2) is 0 Å². The van der Waals surface area contributed by atoms with Crippen molar-refractivity contribution in [2.24, 2.45) is 5.92 Å². The highest BCUT2D eigenvalue weighted by atomic mass is 35.5. The third-order valence-electron chi connectivity index (χ3n) is 3.05. The monoisotopic (exact) mass is 350 g/mol. The fourth-order valence-corrected chi connectivity index (χ4v) is 3.69. The van der Waals surface area contributed by atoms with Gasteiger partial charge in [-0.3, -0.25) is 9.00 Å². The summed E-state index contributed by atoms with van der Waals surface area (Å²) in [6.45, 7) is 4.10. The first-order valence-corrected chi connectivity index (χ1v) is 8.97. The fourth-order valence-electron chi connectivity index (χ4n) is 1.64. The van der Waals surface area contributed by atoms with E-state index in [1.807, 2.05) is 6.92 Å². The molecule has 0 aliphatic rings. The predicted octanol–water partition coefficient (Wildman–Crippen LogP) is 3.70. The second kappa shape index (κ2) is 8.61. The van der Waals surface area contributed by atoms with Crippen molar-refractivity contribution in [2.45, 2.75) is 26.7 Å². The highest BCUT2D eigenvalue weighted by Gasteiger charge is 2.13. The average molecular weight is 351 g/mol. The van der Waals surface area contributed by atoms with Crippen LogP contribution in [-0.2, 0) is 15.6 Å². The van der Waals surface area contributed by atoms with Crippen molar-refractivity contribution in [1.29, 1.82) is 0 Å². The Balaban J connectivity index is 2.53. The van der Waals surface area contributed by atoms with Crippen molar-refractivity contribution in [2.75, 3.05) is 22.6 Å². The number of carbonyl (C=O) groups excluding carboxylic acids is 1. The normalized spacial score (nSPS) is 13.7. The first kappa shape index (κ1) is 18.3. The lowest BCUT2D eigenvalue weighted by Crippen LogP contribution is -2.18. The first-order valence-electron chi connectivity index (χ1n) is 6.72. The molecule has 0 radical (unpaired) electrons. The van der Waals surface area contributed by atoms with Crippen molar-refractivity contribution in [3.05, 3.63) is 22.2 Å². The van der Waals surface area contributed by atoms with E-state index < -0.39 is 10.8 Å². The minimum atomic E-state index is -0.990. The molecule has 2 unspecified atom stereocenters. The number of nitrogen functional groups attached to an aromatic ring is 1. The van der Waals surface area contributed by atoms with Gasteiger partial charge in [0.2, 0.25) is 5.91 Å². The van der Waals surface area contributed by atoms with Gasteiger partial charge in [-0.15, -0.1) is 0 Å². The first-order chi connectivity index (χ1) is 9.83. The molecule has 0 heterocycles. The summed E-state index contributed by atoms with van der Waals surface area (Å²) in [7, 11) is -0.990. The van der Waals surface area contributed by atoms with Crippen molar-refractivity contribution < 1.29 is 9.00 Å². The van der Waals surface area contributed by atoms with E-state index >= 15 is 0 Å². The molecule has 1 rings (SSSR count). The number of hydrogen-bond acceptors (Lipinski definition) is 3. The molecule has 0 fully saturated rings. The molecular formula is C14H20Cl2N2O2S. The Bertz CT molecular complexity index is 515. The van der Waals surface area contributed by atoms with E-state index in [1.165, 1.54) is 12.1 Å². The van der Waals surface area contributed by atoms with Crippen LogP contribution in [0.15, 0.2) is 12.1 Å². The van der Waals surface area contributed by atoms with E-state index in [0.29, 0.717) is 28.8 Å². The number of carbonyl (C=O) groups is 1. The van der Waals surface area contributed by atoms with E-state index in [2.05, 4.69) is 12.2 Å². The molecule has 3 N–H and O–H groups in total. The quantitative estimate of drug-likeness (QED) is 0.736. The van der Waals surface area contributed by atoms with Crippen LogP contribution >= 0.6 is 23.2 Å². The van der Waals surface area contributed by atoms with Gasteiger partial charge in [0.05, 0.1) is 15.7 Å². The van der Waals surface area contributed by atoms with Gasteiger partial charge in [0, 0.05) is 34.4 Å². The summed E-state index contributed by atoms with van der Waals surface area (Å²) >= 11 is 12.0. The molecule has 0 aliphatic heterocycles. The maximum absolute atomic E-state index is 11.9. The highest BCUT2D eigenvalue weighted by molar-refractivity contribution is 7.85. The number of hydrogen-bond donors (Lipinski definition) is 2. The average Bonchev–Trinajstić information content (AvgIpc) is 2.40. The molecule has 0 saturated heterocycles. The second-order valence-corrected chi connectivity index (χ2v) is 7.42. The van der Waals surface area contributed by atoms with Crippen LogP contribution in [0.5, 0.6) is 0 Å². The summed E-state index contributed by atoms with van der Waals surface area (Å²) in [5.74, 6) is 1.09. The lowest BCUT2D eigenvalue weighted by atomic mass is 10.2. The van der Waals surface area contributed by atoms with Gasteiger partial charge in [0.1, 0.15) is 0 Å². The molecule has 0 aromatic heterocycles. The Labute approximate surface area is 137 Å². The number of benzene rings is 1. The maximum atomic E-state index is 11.9. The minimum Gasteiger partial charge on any atom is -0.399 e. The van der Waals surface area contributed by atoms with Crippen LogP contribution in [0.1, 0.15) is 26.7 Å². The number of anilines is 2. The molecule has 1 amide bonds. The van der Waals surface area contributed by atoms with Crippen LogP contribution < -0.4 is 11.1 Å². The topological polar surface area (TPSA) is 72.2 Å². The Hall–Kier alpha value is -0.780. The second-order valence-electron chi connectivity index (χ2n) is 4.98. The van der Waals surface area contributed by atoms with Gasteiger partial charge in [0.15, 0.2) is 0 Å². The SMILES string of the molecule is CCC(C)CS(=O)CCC(=O)Nc1c(Cl)cc(N)cc1Cl. The third-order valence-corrected chi connectivity index (χ3v) is 5.25. The Kier molecular flexibility index (Phi) is 7.49. The molecule has 21 heavy (non-hydrogen) atoms. The molecule has 1 aromatic carbocycles.